The van der Waals surface area contributed by atoms with Crippen LogP contribution in [0, 0.1) is 6.92 Å². The molecule has 0 aliphatic heterocycles. The second-order valence-electron chi connectivity index (χ2n) is 2.94. The van der Waals surface area contributed by atoms with E-state index in [0.29, 0.717) is 10.7 Å². The highest BCUT2D eigenvalue weighted by Crippen LogP contribution is 2.29. The predicted molar refractivity (Wildman–Crippen MR) is 57.7 cm³/mol. The molecule has 0 aromatic heterocycles. The first-order valence-electron chi connectivity index (χ1n) is 4.00. The van der Waals surface area contributed by atoms with Gasteiger partial charge in [-0.25, -0.2) is 0 Å². The van der Waals surface area contributed by atoms with E-state index in [1.165, 1.54) is 0 Å². The Hall–Kier alpha value is -0.990. The highest BCUT2D eigenvalue weighted by Gasteiger charge is 2.09. The van der Waals surface area contributed by atoms with E-state index in [0.717, 1.165) is 11.1 Å². The van der Waals surface area contributed by atoms with E-state index in [2.05, 4.69) is 6.58 Å². The number of halogens is 1. The summed E-state index contributed by atoms with van der Waals surface area (Å²) in [4.78, 5) is 0. The van der Waals surface area contributed by atoms with Crippen LogP contribution < -0.4 is 11.5 Å². The highest BCUT2D eigenvalue weighted by atomic mass is 35.5. The van der Waals surface area contributed by atoms with Gasteiger partial charge in [0.2, 0.25) is 0 Å². The monoisotopic (exact) mass is 196 g/mol. The van der Waals surface area contributed by atoms with Crippen molar-refractivity contribution < 1.29 is 0 Å². The van der Waals surface area contributed by atoms with Gasteiger partial charge in [0.05, 0.1) is 5.02 Å². The van der Waals surface area contributed by atoms with Crippen molar-refractivity contribution in [1.29, 1.82) is 0 Å². The lowest BCUT2D eigenvalue weighted by atomic mass is 10.0. The third-order valence-electron chi connectivity index (χ3n) is 2.07. The molecule has 1 aromatic carbocycles. The van der Waals surface area contributed by atoms with Crippen LogP contribution in [0.3, 0.4) is 0 Å². The van der Waals surface area contributed by atoms with Gasteiger partial charge in [0.15, 0.2) is 0 Å². The number of benzene rings is 1. The van der Waals surface area contributed by atoms with Gasteiger partial charge in [-0.3, -0.25) is 0 Å². The van der Waals surface area contributed by atoms with Gasteiger partial charge < -0.3 is 11.5 Å². The molecule has 0 fully saturated rings. The van der Waals surface area contributed by atoms with E-state index in [4.69, 9.17) is 23.1 Å². The lowest BCUT2D eigenvalue weighted by Gasteiger charge is -2.12. The van der Waals surface area contributed by atoms with Crippen molar-refractivity contribution in [1.82, 2.24) is 0 Å². The molecule has 0 unspecified atom stereocenters. The van der Waals surface area contributed by atoms with Crippen LogP contribution in [0.1, 0.15) is 17.2 Å². The summed E-state index contributed by atoms with van der Waals surface area (Å²) in [6.45, 7) is 5.49. The molecule has 0 aliphatic rings. The number of hydrogen-bond donors (Lipinski definition) is 2. The van der Waals surface area contributed by atoms with Gasteiger partial charge in [0, 0.05) is 11.7 Å². The fourth-order valence-corrected chi connectivity index (χ4v) is 1.40. The Morgan fingerprint density at radius 2 is 2.15 bits per heavy atom. The molecule has 70 valence electrons. The zero-order valence-corrected chi connectivity index (χ0v) is 8.31. The third-order valence-corrected chi connectivity index (χ3v) is 2.57. The summed E-state index contributed by atoms with van der Waals surface area (Å²) >= 11 is 6.06. The molecule has 1 aromatic rings. The average molecular weight is 197 g/mol. The molecular formula is C10H13ClN2. The second-order valence-corrected chi connectivity index (χ2v) is 3.32. The predicted octanol–water partition coefficient (Wildman–Crippen LogP) is 2.42. The van der Waals surface area contributed by atoms with Crippen molar-refractivity contribution in [3.63, 3.8) is 0 Å². The van der Waals surface area contributed by atoms with Gasteiger partial charge >= 0.3 is 0 Å². The zero-order valence-electron chi connectivity index (χ0n) is 7.55. The Morgan fingerprint density at radius 1 is 1.54 bits per heavy atom. The summed E-state index contributed by atoms with van der Waals surface area (Å²) in [6.07, 6.45) is 1.65. The minimum atomic E-state index is -0.230. The molecule has 0 spiro atoms. The van der Waals surface area contributed by atoms with Crippen molar-refractivity contribution in [2.45, 2.75) is 13.0 Å². The Balaban J connectivity index is 3.25. The molecule has 0 amide bonds. The Bertz CT molecular complexity index is 334. The molecule has 0 bridgehead atoms. The van der Waals surface area contributed by atoms with E-state index in [1.807, 2.05) is 13.0 Å². The molecule has 3 heteroatoms. The molecule has 4 N–H and O–H groups in total. The van der Waals surface area contributed by atoms with Crippen LogP contribution in [-0.2, 0) is 0 Å². The van der Waals surface area contributed by atoms with E-state index in [1.54, 1.807) is 12.1 Å². The normalized spacial score (nSPS) is 12.5. The minimum absolute atomic E-state index is 0.230. The lowest BCUT2D eigenvalue weighted by Crippen LogP contribution is -2.08. The first kappa shape index (κ1) is 10.1. The van der Waals surface area contributed by atoms with Crippen LogP contribution in [0.4, 0.5) is 5.69 Å². The fraction of sp³-hybridized carbons (Fsp3) is 0.200. The quantitative estimate of drug-likeness (QED) is 0.564. The summed E-state index contributed by atoms with van der Waals surface area (Å²) in [5.41, 5.74) is 13.9. The van der Waals surface area contributed by atoms with Crippen molar-refractivity contribution in [2.24, 2.45) is 5.73 Å². The molecule has 13 heavy (non-hydrogen) atoms. The standard InChI is InChI=1S/C10H13ClN2/c1-3-8(12)7-4-5-9(13)6(2)10(7)11/h3-5,8H,1,12-13H2,2H3/t8-/m1/s1. The highest BCUT2D eigenvalue weighted by molar-refractivity contribution is 6.32. The molecule has 0 saturated carbocycles. The fourth-order valence-electron chi connectivity index (χ4n) is 1.11. The van der Waals surface area contributed by atoms with Crippen LogP contribution in [0.5, 0.6) is 0 Å². The van der Waals surface area contributed by atoms with E-state index in [-0.39, 0.29) is 6.04 Å². The molecule has 1 rings (SSSR count). The maximum atomic E-state index is 6.06. The summed E-state index contributed by atoms with van der Waals surface area (Å²) in [6, 6.07) is 3.41. The van der Waals surface area contributed by atoms with E-state index in [9.17, 15) is 0 Å². The molecule has 0 heterocycles. The number of anilines is 1. The molecule has 0 saturated heterocycles. The number of nitrogens with two attached hydrogens (primary N) is 2. The zero-order chi connectivity index (χ0) is 10.0. The first-order chi connectivity index (χ1) is 6.07. The molecule has 1 atom stereocenters. The first-order valence-corrected chi connectivity index (χ1v) is 4.38. The Labute approximate surface area is 83.2 Å². The van der Waals surface area contributed by atoms with Gasteiger partial charge in [-0.1, -0.05) is 23.7 Å². The van der Waals surface area contributed by atoms with Crippen LogP contribution in [0.15, 0.2) is 24.8 Å². The smallest absolute Gasteiger partial charge is 0.0506 e. The van der Waals surface area contributed by atoms with Crippen molar-refractivity contribution in [3.8, 4) is 0 Å². The summed E-state index contributed by atoms with van der Waals surface area (Å²) < 4.78 is 0. The second kappa shape index (κ2) is 3.81. The summed E-state index contributed by atoms with van der Waals surface area (Å²) in [7, 11) is 0. The van der Waals surface area contributed by atoms with Crippen molar-refractivity contribution >= 4 is 17.3 Å². The van der Waals surface area contributed by atoms with Gasteiger partial charge in [-0.2, -0.15) is 0 Å². The van der Waals surface area contributed by atoms with Gasteiger partial charge in [-0.05, 0) is 24.1 Å². The van der Waals surface area contributed by atoms with E-state index >= 15 is 0 Å². The lowest BCUT2D eigenvalue weighted by molar-refractivity contribution is 0.913. The van der Waals surface area contributed by atoms with Gasteiger partial charge in [0.1, 0.15) is 0 Å². The summed E-state index contributed by atoms with van der Waals surface area (Å²) in [5, 5.41) is 0.632. The molecule has 0 radical (unpaired) electrons. The third kappa shape index (κ3) is 1.85. The van der Waals surface area contributed by atoms with Gasteiger partial charge in [0.25, 0.3) is 0 Å². The van der Waals surface area contributed by atoms with Gasteiger partial charge in [-0.15, -0.1) is 6.58 Å². The maximum Gasteiger partial charge on any atom is 0.0506 e. The summed E-state index contributed by atoms with van der Waals surface area (Å²) in [5.74, 6) is 0. The molecule has 0 aliphatic carbocycles. The Kier molecular flexibility index (Phi) is 2.96. The molecular weight excluding hydrogens is 184 g/mol. The number of rotatable bonds is 2. The minimum Gasteiger partial charge on any atom is -0.398 e. The average Bonchev–Trinajstić information content (AvgIpc) is 2.13. The SMILES string of the molecule is C=C[C@@H](N)c1ccc(N)c(C)c1Cl. The van der Waals surface area contributed by atoms with Crippen molar-refractivity contribution in [2.75, 3.05) is 5.73 Å². The number of hydrogen-bond acceptors (Lipinski definition) is 2. The van der Waals surface area contributed by atoms with Crippen LogP contribution in [0.2, 0.25) is 5.02 Å². The molecule has 2 nitrogen and oxygen atoms in total. The van der Waals surface area contributed by atoms with Crippen LogP contribution >= 0.6 is 11.6 Å². The van der Waals surface area contributed by atoms with Crippen LogP contribution in [0.25, 0.3) is 0 Å². The van der Waals surface area contributed by atoms with E-state index < -0.39 is 0 Å². The van der Waals surface area contributed by atoms with Crippen LogP contribution in [-0.4, -0.2) is 0 Å². The largest absolute Gasteiger partial charge is 0.398 e. The number of nitrogen functional groups attached to an aromatic ring is 1. The Morgan fingerprint density at radius 3 is 2.69 bits per heavy atom. The maximum absolute atomic E-state index is 6.06. The van der Waals surface area contributed by atoms with Crippen molar-refractivity contribution in [3.05, 3.63) is 40.9 Å². The topological polar surface area (TPSA) is 52.0 Å².